The minimum absolute atomic E-state index is 0.103. The zero-order chi connectivity index (χ0) is 16.4. The average molecular weight is 335 g/mol. The Labute approximate surface area is 139 Å². The van der Waals surface area contributed by atoms with E-state index in [4.69, 9.17) is 11.6 Å². The number of aliphatic hydroxyl groups excluding tert-OH is 1. The molecule has 1 aromatic heterocycles. The first kappa shape index (κ1) is 16.0. The molecule has 1 aliphatic rings. The molecule has 7 heteroatoms. The van der Waals surface area contributed by atoms with Crippen LogP contribution in [0.4, 0.5) is 0 Å². The summed E-state index contributed by atoms with van der Waals surface area (Å²) in [6.45, 7) is 3.25. The van der Waals surface area contributed by atoms with Gasteiger partial charge < -0.3 is 10.0 Å². The largest absolute Gasteiger partial charge is 0.396 e. The molecule has 0 bridgehead atoms. The second-order valence-electron chi connectivity index (χ2n) is 5.66. The third kappa shape index (κ3) is 3.09. The van der Waals surface area contributed by atoms with Gasteiger partial charge in [0, 0.05) is 32.0 Å². The summed E-state index contributed by atoms with van der Waals surface area (Å²) in [4.78, 5) is 18.7. The highest BCUT2D eigenvalue weighted by molar-refractivity contribution is 6.32. The first-order chi connectivity index (χ1) is 11.1. The Morgan fingerprint density at radius 3 is 2.87 bits per heavy atom. The molecule has 1 aliphatic heterocycles. The van der Waals surface area contributed by atoms with Crippen LogP contribution in [-0.4, -0.2) is 50.4 Å². The molecule has 2 heterocycles. The maximum absolute atomic E-state index is 12.6. The molecule has 1 atom stereocenters. The molecule has 3 rings (SSSR count). The van der Waals surface area contributed by atoms with Crippen LogP contribution in [0.2, 0.25) is 5.02 Å². The smallest absolute Gasteiger partial charge is 0.293 e. The van der Waals surface area contributed by atoms with E-state index in [0.29, 0.717) is 36.0 Å². The molecule has 0 radical (unpaired) electrons. The lowest BCUT2D eigenvalue weighted by Gasteiger charge is -2.13. The number of rotatable bonds is 4. The maximum Gasteiger partial charge on any atom is 0.293 e. The number of para-hydroxylation sites is 1. The van der Waals surface area contributed by atoms with Crippen molar-refractivity contribution in [1.29, 1.82) is 0 Å². The quantitative estimate of drug-likeness (QED) is 0.927. The van der Waals surface area contributed by atoms with Crippen LogP contribution in [-0.2, 0) is 6.42 Å². The number of carbonyl (C=O) groups is 1. The molecule has 0 aliphatic carbocycles. The Morgan fingerprint density at radius 1 is 1.43 bits per heavy atom. The highest BCUT2D eigenvalue weighted by atomic mass is 35.5. The molecule has 1 amide bonds. The van der Waals surface area contributed by atoms with E-state index in [1.54, 1.807) is 15.6 Å². The first-order valence-corrected chi connectivity index (χ1v) is 8.12. The summed E-state index contributed by atoms with van der Waals surface area (Å²) in [5, 5.41) is 14.2. The third-order valence-corrected chi connectivity index (χ3v) is 4.41. The molecule has 122 valence electrons. The van der Waals surface area contributed by atoms with Gasteiger partial charge in [0.2, 0.25) is 5.82 Å². The second kappa shape index (κ2) is 6.68. The van der Waals surface area contributed by atoms with E-state index in [9.17, 15) is 9.90 Å². The Hall–Kier alpha value is -1.92. The fourth-order valence-electron chi connectivity index (χ4n) is 2.79. The van der Waals surface area contributed by atoms with Crippen molar-refractivity contribution in [1.82, 2.24) is 19.7 Å². The number of nitrogens with zero attached hydrogens (tertiary/aromatic N) is 4. The van der Waals surface area contributed by atoms with Crippen molar-refractivity contribution in [2.75, 3.05) is 19.7 Å². The summed E-state index contributed by atoms with van der Waals surface area (Å²) in [6.07, 6.45) is 1.46. The summed E-state index contributed by atoms with van der Waals surface area (Å²) in [5.74, 6) is 0.830. The zero-order valence-corrected chi connectivity index (χ0v) is 13.7. The normalized spacial score (nSPS) is 17.7. The van der Waals surface area contributed by atoms with Crippen LogP contribution >= 0.6 is 11.6 Å². The van der Waals surface area contributed by atoms with Crippen LogP contribution in [0.3, 0.4) is 0 Å². The number of halogens is 1. The third-order valence-electron chi connectivity index (χ3n) is 4.09. The van der Waals surface area contributed by atoms with Crippen LogP contribution in [0.15, 0.2) is 24.3 Å². The fourth-order valence-corrected chi connectivity index (χ4v) is 3.00. The lowest BCUT2D eigenvalue weighted by atomic mass is 10.1. The number of carbonyl (C=O) groups excluding carboxylic acids is 1. The average Bonchev–Trinajstić information content (AvgIpc) is 3.21. The van der Waals surface area contributed by atoms with E-state index < -0.39 is 0 Å². The predicted molar refractivity (Wildman–Crippen MR) is 86.8 cm³/mol. The molecule has 1 saturated heterocycles. The van der Waals surface area contributed by atoms with Crippen LogP contribution in [0, 0.1) is 5.92 Å². The van der Waals surface area contributed by atoms with E-state index in [1.165, 1.54) is 0 Å². The molecule has 23 heavy (non-hydrogen) atoms. The number of amides is 1. The van der Waals surface area contributed by atoms with Gasteiger partial charge in [-0.05, 0) is 18.6 Å². The lowest BCUT2D eigenvalue weighted by molar-refractivity contribution is 0.0770. The van der Waals surface area contributed by atoms with Crippen molar-refractivity contribution in [3.05, 3.63) is 40.9 Å². The zero-order valence-electron chi connectivity index (χ0n) is 12.9. The Bertz CT molecular complexity index is 716. The van der Waals surface area contributed by atoms with Crippen LogP contribution < -0.4 is 0 Å². The van der Waals surface area contributed by atoms with Gasteiger partial charge in [-0.3, -0.25) is 4.79 Å². The molecule has 0 saturated carbocycles. The van der Waals surface area contributed by atoms with Crippen molar-refractivity contribution >= 4 is 17.5 Å². The van der Waals surface area contributed by atoms with Crippen molar-refractivity contribution in [3.63, 3.8) is 0 Å². The standard InChI is InChI=1S/C16H19ClN4O2/c1-2-14-18-15(16(23)20-8-7-11(9-20)10-22)19-21(14)13-6-4-3-5-12(13)17/h3-6,11,22H,2,7-10H2,1H3. The van der Waals surface area contributed by atoms with E-state index in [2.05, 4.69) is 10.1 Å². The number of aliphatic hydroxyl groups is 1. The minimum Gasteiger partial charge on any atom is -0.396 e. The summed E-state index contributed by atoms with van der Waals surface area (Å²) in [6, 6.07) is 7.35. The Kier molecular flexibility index (Phi) is 4.63. The number of benzene rings is 1. The van der Waals surface area contributed by atoms with Gasteiger partial charge in [-0.1, -0.05) is 30.7 Å². The topological polar surface area (TPSA) is 71.2 Å². The van der Waals surface area contributed by atoms with Gasteiger partial charge in [-0.2, -0.15) is 0 Å². The number of hydrogen-bond donors (Lipinski definition) is 1. The highest BCUT2D eigenvalue weighted by Crippen LogP contribution is 2.22. The van der Waals surface area contributed by atoms with Crippen molar-refractivity contribution < 1.29 is 9.90 Å². The fraction of sp³-hybridized carbons (Fsp3) is 0.438. The molecule has 1 fully saturated rings. The summed E-state index contributed by atoms with van der Waals surface area (Å²) in [5.41, 5.74) is 0.715. The SMILES string of the molecule is CCc1nc(C(=O)N2CCC(CO)C2)nn1-c1ccccc1Cl. The van der Waals surface area contributed by atoms with Gasteiger partial charge in [-0.25, -0.2) is 9.67 Å². The summed E-state index contributed by atoms with van der Waals surface area (Å²) >= 11 is 6.23. The molecule has 1 unspecified atom stereocenters. The van der Waals surface area contributed by atoms with Gasteiger partial charge in [0.05, 0.1) is 10.7 Å². The van der Waals surface area contributed by atoms with Crippen molar-refractivity contribution in [2.24, 2.45) is 5.92 Å². The van der Waals surface area contributed by atoms with Gasteiger partial charge in [0.15, 0.2) is 0 Å². The van der Waals surface area contributed by atoms with Gasteiger partial charge in [-0.15, -0.1) is 5.10 Å². The number of aromatic nitrogens is 3. The maximum atomic E-state index is 12.6. The molecule has 0 spiro atoms. The lowest BCUT2D eigenvalue weighted by Crippen LogP contribution is -2.30. The van der Waals surface area contributed by atoms with Gasteiger partial charge in [0.1, 0.15) is 5.82 Å². The monoisotopic (exact) mass is 334 g/mol. The molecule has 1 N–H and O–H groups in total. The predicted octanol–water partition coefficient (Wildman–Crippen LogP) is 1.94. The molecule has 6 nitrogen and oxygen atoms in total. The number of hydrogen-bond acceptors (Lipinski definition) is 4. The molecular weight excluding hydrogens is 316 g/mol. The Balaban J connectivity index is 1.90. The number of likely N-dealkylation sites (tertiary alicyclic amines) is 1. The van der Waals surface area contributed by atoms with Gasteiger partial charge >= 0.3 is 0 Å². The first-order valence-electron chi connectivity index (χ1n) is 7.75. The molecule has 2 aromatic rings. The summed E-state index contributed by atoms with van der Waals surface area (Å²) < 4.78 is 1.63. The van der Waals surface area contributed by atoms with E-state index in [1.807, 2.05) is 25.1 Å². The van der Waals surface area contributed by atoms with Crippen molar-refractivity contribution in [2.45, 2.75) is 19.8 Å². The van der Waals surface area contributed by atoms with E-state index >= 15 is 0 Å². The van der Waals surface area contributed by atoms with Crippen molar-refractivity contribution in [3.8, 4) is 5.69 Å². The molecular formula is C16H19ClN4O2. The minimum atomic E-state index is -0.193. The van der Waals surface area contributed by atoms with Crippen LogP contribution in [0.1, 0.15) is 29.8 Å². The highest BCUT2D eigenvalue weighted by Gasteiger charge is 2.29. The van der Waals surface area contributed by atoms with Crippen LogP contribution in [0.5, 0.6) is 0 Å². The van der Waals surface area contributed by atoms with Crippen LogP contribution in [0.25, 0.3) is 5.69 Å². The summed E-state index contributed by atoms with van der Waals surface area (Å²) in [7, 11) is 0. The molecule has 1 aromatic carbocycles. The second-order valence-corrected chi connectivity index (χ2v) is 6.06. The van der Waals surface area contributed by atoms with Gasteiger partial charge in [0.25, 0.3) is 5.91 Å². The Morgan fingerprint density at radius 2 is 2.22 bits per heavy atom. The number of aryl methyl sites for hydroxylation is 1. The van der Waals surface area contributed by atoms with E-state index in [-0.39, 0.29) is 24.3 Å². The van der Waals surface area contributed by atoms with E-state index in [0.717, 1.165) is 6.42 Å².